The molecule has 0 bridgehead atoms. The maximum Gasteiger partial charge on any atom is 0.300 e. The van der Waals surface area contributed by atoms with Crippen LogP contribution in [0.1, 0.15) is 41.5 Å². The first-order valence-corrected chi connectivity index (χ1v) is 11.6. The fraction of sp³-hybridized carbons (Fsp3) is 0.231. The Balaban J connectivity index is 1.90. The highest BCUT2D eigenvalue weighted by atomic mass is 32.1. The molecule has 4 rings (SSSR count). The van der Waals surface area contributed by atoms with Gasteiger partial charge in [0.05, 0.1) is 11.7 Å². The lowest BCUT2D eigenvalue weighted by Gasteiger charge is -2.25. The van der Waals surface area contributed by atoms with Gasteiger partial charge in [-0.3, -0.25) is 14.5 Å². The Morgan fingerprint density at radius 3 is 2.35 bits per heavy atom. The van der Waals surface area contributed by atoms with E-state index in [-0.39, 0.29) is 23.1 Å². The molecule has 1 aromatic heterocycles. The topological polar surface area (TPSA) is 66.8 Å². The zero-order chi connectivity index (χ0) is 24.7. The summed E-state index contributed by atoms with van der Waals surface area (Å²) in [6, 6.07) is 8.84. The van der Waals surface area contributed by atoms with E-state index in [2.05, 4.69) is 0 Å². The summed E-state index contributed by atoms with van der Waals surface area (Å²) < 4.78 is 33.3. The van der Waals surface area contributed by atoms with Crippen molar-refractivity contribution in [1.82, 2.24) is 0 Å². The fourth-order valence-corrected chi connectivity index (χ4v) is 5.01. The molecule has 1 saturated heterocycles. The molecule has 1 N–H and O–H groups in total. The molecule has 2 heterocycles. The minimum Gasteiger partial charge on any atom is -0.507 e. The van der Waals surface area contributed by atoms with Crippen molar-refractivity contribution in [2.75, 3.05) is 4.90 Å². The summed E-state index contributed by atoms with van der Waals surface area (Å²) in [6.45, 7) is 7.43. The van der Waals surface area contributed by atoms with Gasteiger partial charge in [-0.2, -0.15) is 0 Å². The third-order valence-electron chi connectivity index (χ3n) is 5.59. The van der Waals surface area contributed by atoms with Gasteiger partial charge < -0.3 is 9.84 Å². The van der Waals surface area contributed by atoms with Crippen molar-refractivity contribution in [3.8, 4) is 5.75 Å². The second kappa shape index (κ2) is 9.02. The van der Waals surface area contributed by atoms with E-state index in [9.17, 15) is 23.5 Å². The molecular formula is C26H23F2NO4S. The maximum absolute atomic E-state index is 14.0. The number of aliphatic hydroxyl groups excluding tert-OH is 1. The molecule has 5 nitrogen and oxygen atoms in total. The number of benzene rings is 2. The average Bonchev–Trinajstić information content (AvgIpc) is 3.31. The van der Waals surface area contributed by atoms with Crippen molar-refractivity contribution in [2.24, 2.45) is 0 Å². The molecule has 2 aromatic carbocycles. The number of carbonyl (C=O) groups is 2. The standard InChI is InChI=1S/C26H23F2NO4S/c1-13(2)33-20-8-5-16(11-15(20)4)23(30)21-22(25-14(3)9-10-34-25)29(26(32)24(21)31)17-6-7-18(27)19(28)12-17/h5-13,22,30H,1-4H3/b23-21-. The highest BCUT2D eigenvalue weighted by Crippen LogP contribution is 2.45. The van der Waals surface area contributed by atoms with Gasteiger partial charge >= 0.3 is 0 Å². The van der Waals surface area contributed by atoms with Crippen LogP contribution >= 0.6 is 11.3 Å². The highest BCUT2D eigenvalue weighted by molar-refractivity contribution is 7.10. The molecule has 3 aromatic rings. The number of carbonyl (C=O) groups excluding carboxylic acids is 2. The second-order valence-corrected chi connectivity index (χ2v) is 9.33. The molecule has 34 heavy (non-hydrogen) atoms. The van der Waals surface area contributed by atoms with E-state index in [0.29, 0.717) is 16.2 Å². The van der Waals surface area contributed by atoms with Crippen molar-refractivity contribution in [1.29, 1.82) is 0 Å². The van der Waals surface area contributed by atoms with E-state index in [1.807, 2.05) is 33.8 Å². The van der Waals surface area contributed by atoms with Crippen molar-refractivity contribution in [3.63, 3.8) is 0 Å². The monoisotopic (exact) mass is 483 g/mol. The van der Waals surface area contributed by atoms with Crippen LogP contribution in [0.3, 0.4) is 0 Å². The van der Waals surface area contributed by atoms with Gasteiger partial charge in [-0.05, 0) is 80.6 Å². The summed E-state index contributed by atoms with van der Waals surface area (Å²) in [5.41, 5.74) is 1.80. The molecule has 0 spiro atoms. The van der Waals surface area contributed by atoms with E-state index >= 15 is 0 Å². The Morgan fingerprint density at radius 1 is 1.03 bits per heavy atom. The summed E-state index contributed by atoms with van der Waals surface area (Å²) in [6.07, 6.45) is -0.0404. The molecule has 0 saturated carbocycles. The number of ether oxygens (including phenoxy) is 1. The first-order chi connectivity index (χ1) is 16.1. The van der Waals surface area contributed by atoms with Crippen LogP contribution in [0.4, 0.5) is 14.5 Å². The number of halogens is 2. The third kappa shape index (κ3) is 4.09. The van der Waals surface area contributed by atoms with Gasteiger partial charge in [-0.1, -0.05) is 0 Å². The van der Waals surface area contributed by atoms with Crippen molar-refractivity contribution >= 4 is 34.5 Å². The van der Waals surface area contributed by atoms with Crippen LogP contribution in [0.25, 0.3) is 5.76 Å². The summed E-state index contributed by atoms with van der Waals surface area (Å²) >= 11 is 1.31. The minimum atomic E-state index is -1.14. The highest BCUT2D eigenvalue weighted by Gasteiger charge is 2.48. The molecule has 1 atom stereocenters. The normalized spacial score (nSPS) is 17.6. The predicted molar refractivity (Wildman–Crippen MR) is 127 cm³/mol. The van der Waals surface area contributed by atoms with Crippen LogP contribution in [0.15, 0.2) is 53.4 Å². The van der Waals surface area contributed by atoms with Gasteiger partial charge in [-0.25, -0.2) is 8.78 Å². The number of hydrogen-bond acceptors (Lipinski definition) is 5. The number of aryl methyl sites for hydroxylation is 2. The summed E-state index contributed by atoms with van der Waals surface area (Å²) in [4.78, 5) is 28.0. The van der Waals surface area contributed by atoms with Gasteiger partial charge in [0.25, 0.3) is 11.7 Å². The maximum atomic E-state index is 14.0. The van der Waals surface area contributed by atoms with E-state index in [0.717, 1.165) is 28.2 Å². The van der Waals surface area contributed by atoms with Gasteiger partial charge in [0, 0.05) is 22.2 Å². The van der Waals surface area contributed by atoms with E-state index < -0.39 is 29.4 Å². The van der Waals surface area contributed by atoms with Crippen LogP contribution in [0.2, 0.25) is 0 Å². The smallest absolute Gasteiger partial charge is 0.300 e. The van der Waals surface area contributed by atoms with Crippen LogP contribution in [0, 0.1) is 25.5 Å². The lowest BCUT2D eigenvalue weighted by Crippen LogP contribution is -2.29. The lowest BCUT2D eigenvalue weighted by atomic mass is 9.97. The van der Waals surface area contributed by atoms with E-state index in [4.69, 9.17) is 4.74 Å². The minimum absolute atomic E-state index is 0.0229. The second-order valence-electron chi connectivity index (χ2n) is 8.38. The number of ketones is 1. The van der Waals surface area contributed by atoms with E-state index in [1.54, 1.807) is 23.6 Å². The van der Waals surface area contributed by atoms with Gasteiger partial charge in [0.15, 0.2) is 11.6 Å². The number of nitrogens with zero attached hydrogens (tertiary/aromatic N) is 1. The molecule has 8 heteroatoms. The number of hydrogen-bond donors (Lipinski definition) is 1. The molecule has 1 fully saturated rings. The molecule has 1 aliphatic heterocycles. The Bertz CT molecular complexity index is 1330. The Hall–Kier alpha value is -3.52. The van der Waals surface area contributed by atoms with Crippen molar-refractivity contribution in [2.45, 2.75) is 39.8 Å². The molecule has 1 amide bonds. The van der Waals surface area contributed by atoms with Crippen LogP contribution in [-0.4, -0.2) is 22.9 Å². The van der Waals surface area contributed by atoms with Gasteiger partial charge in [-0.15, -0.1) is 11.3 Å². The number of Topliss-reactive ketones (excluding diaryl/α,β-unsaturated/α-hetero) is 1. The number of amides is 1. The first-order valence-electron chi connectivity index (χ1n) is 10.7. The van der Waals surface area contributed by atoms with Gasteiger partial charge in [0.1, 0.15) is 17.6 Å². The molecule has 0 radical (unpaired) electrons. The predicted octanol–water partition coefficient (Wildman–Crippen LogP) is 6.06. The van der Waals surface area contributed by atoms with Gasteiger partial charge in [0.2, 0.25) is 0 Å². The Labute approximate surface area is 199 Å². The SMILES string of the molecule is Cc1cc(/C(O)=C2/C(=O)C(=O)N(c3ccc(F)c(F)c3)C2c2sccc2C)ccc1OC(C)C. The Kier molecular flexibility index (Phi) is 6.27. The largest absolute Gasteiger partial charge is 0.507 e. The van der Waals surface area contributed by atoms with Crippen molar-refractivity contribution < 1.29 is 28.2 Å². The fourth-order valence-electron chi connectivity index (χ4n) is 3.98. The average molecular weight is 484 g/mol. The molecule has 0 aliphatic carbocycles. The summed E-state index contributed by atoms with van der Waals surface area (Å²) in [5.74, 6) is -3.75. The quantitative estimate of drug-likeness (QED) is 0.272. The van der Waals surface area contributed by atoms with Crippen LogP contribution in [0.5, 0.6) is 5.75 Å². The number of anilines is 1. The molecular weight excluding hydrogens is 460 g/mol. The van der Waals surface area contributed by atoms with Crippen LogP contribution < -0.4 is 9.64 Å². The van der Waals surface area contributed by atoms with Crippen LogP contribution in [-0.2, 0) is 9.59 Å². The lowest BCUT2D eigenvalue weighted by molar-refractivity contribution is -0.132. The molecule has 176 valence electrons. The number of aliphatic hydroxyl groups is 1. The number of thiophene rings is 1. The molecule has 1 unspecified atom stereocenters. The van der Waals surface area contributed by atoms with E-state index in [1.165, 1.54) is 17.4 Å². The number of rotatable bonds is 5. The third-order valence-corrected chi connectivity index (χ3v) is 6.66. The first kappa shape index (κ1) is 23.6. The zero-order valence-corrected chi connectivity index (χ0v) is 19.9. The van der Waals surface area contributed by atoms with Crippen molar-refractivity contribution in [3.05, 3.63) is 86.6 Å². The summed E-state index contributed by atoms with van der Waals surface area (Å²) in [5, 5.41) is 13.0. The zero-order valence-electron chi connectivity index (χ0n) is 19.1. The summed E-state index contributed by atoms with van der Waals surface area (Å²) in [7, 11) is 0. The molecule has 1 aliphatic rings. The Morgan fingerprint density at radius 2 is 1.76 bits per heavy atom.